The van der Waals surface area contributed by atoms with Gasteiger partial charge in [0, 0.05) is 5.57 Å². The van der Waals surface area contributed by atoms with Gasteiger partial charge in [0.05, 0.1) is 7.11 Å². The van der Waals surface area contributed by atoms with E-state index < -0.39 is 0 Å². The number of ether oxygens (including phenoxy) is 1. The maximum absolute atomic E-state index is 11.1. The minimum absolute atomic E-state index is 0.200. The van der Waals surface area contributed by atoms with E-state index in [1.165, 1.54) is 12.7 Å². The van der Waals surface area contributed by atoms with Crippen molar-refractivity contribution in [3.63, 3.8) is 0 Å². The van der Waals surface area contributed by atoms with Gasteiger partial charge in [0.25, 0.3) is 0 Å². The lowest BCUT2D eigenvalue weighted by Gasteiger charge is -2.19. The van der Waals surface area contributed by atoms with Gasteiger partial charge >= 0.3 is 5.97 Å². The van der Waals surface area contributed by atoms with Crippen molar-refractivity contribution in [3.8, 4) is 0 Å². The molecular formula is C10H14O2. The van der Waals surface area contributed by atoms with Crippen LogP contribution in [0.2, 0.25) is 0 Å². The zero-order chi connectivity index (χ0) is 9.14. The van der Waals surface area contributed by atoms with E-state index >= 15 is 0 Å². The standard InChI is InChI=1S/C10H14O2/c1-7-4-5-9(6-8(7)2)10(11)12-3/h5,8H,1,4,6H2,2-3H3/t8-/m1/s1. The number of hydrogen-bond acceptors (Lipinski definition) is 2. The van der Waals surface area contributed by atoms with Gasteiger partial charge in [-0.1, -0.05) is 25.2 Å². The van der Waals surface area contributed by atoms with Crippen molar-refractivity contribution in [1.29, 1.82) is 0 Å². The van der Waals surface area contributed by atoms with Crippen LogP contribution in [0.1, 0.15) is 19.8 Å². The second-order valence-electron chi connectivity index (χ2n) is 3.19. The average Bonchev–Trinajstić information content (AvgIpc) is 2.08. The van der Waals surface area contributed by atoms with Gasteiger partial charge in [-0.15, -0.1) is 0 Å². The molecule has 66 valence electrons. The van der Waals surface area contributed by atoms with Crippen LogP contribution < -0.4 is 0 Å². The average molecular weight is 166 g/mol. The Hall–Kier alpha value is -1.05. The zero-order valence-corrected chi connectivity index (χ0v) is 7.59. The summed E-state index contributed by atoms with van der Waals surface area (Å²) >= 11 is 0. The third-order valence-electron chi connectivity index (χ3n) is 2.28. The van der Waals surface area contributed by atoms with Gasteiger partial charge in [-0.25, -0.2) is 4.79 Å². The fraction of sp³-hybridized carbons (Fsp3) is 0.500. The van der Waals surface area contributed by atoms with Crippen molar-refractivity contribution in [1.82, 2.24) is 0 Å². The summed E-state index contributed by atoms with van der Waals surface area (Å²) in [7, 11) is 1.41. The summed E-state index contributed by atoms with van der Waals surface area (Å²) in [6, 6.07) is 0. The predicted octanol–water partition coefficient (Wildman–Crippen LogP) is 2.07. The second-order valence-corrected chi connectivity index (χ2v) is 3.19. The minimum atomic E-state index is -0.200. The Balaban J connectivity index is 2.70. The van der Waals surface area contributed by atoms with Crippen LogP contribution in [-0.2, 0) is 9.53 Å². The largest absolute Gasteiger partial charge is 0.466 e. The summed E-state index contributed by atoms with van der Waals surface area (Å²) in [5, 5.41) is 0. The van der Waals surface area contributed by atoms with Crippen LogP contribution in [0.25, 0.3) is 0 Å². The van der Waals surface area contributed by atoms with Crippen molar-refractivity contribution in [2.45, 2.75) is 19.8 Å². The van der Waals surface area contributed by atoms with E-state index in [0.29, 0.717) is 5.92 Å². The zero-order valence-electron chi connectivity index (χ0n) is 7.59. The van der Waals surface area contributed by atoms with E-state index in [2.05, 4.69) is 18.2 Å². The first-order valence-corrected chi connectivity index (χ1v) is 4.10. The number of carbonyl (C=O) groups excluding carboxylic acids is 1. The molecule has 0 fully saturated rings. The Labute approximate surface area is 72.9 Å². The van der Waals surface area contributed by atoms with Gasteiger partial charge in [0.1, 0.15) is 0 Å². The van der Waals surface area contributed by atoms with Crippen LogP contribution in [0.4, 0.5) is 0 Å². The summed E-state index contributed by atoms with van der Waals surface area (Å²) in [5.41, 5.74) is 1.99. The monoisotopic (exact) mass is 166 g/mol. The molecular weight excluding hydrogens is 152 g/mol. The first-order chi connectivity index (χ1) is 5.65. The summed E-state index contributed by atoms with van der Waals surface area (Å²) in [6.45, 7) is 6.00. The third kappa shape index (κ3) is 1.76. The highest BCUT2D eigenvalue weighted by molar-refractivity contribution is 5.88. The van der Waals surface area contributed by atoms with Gasteiger partial charge in [-0.2, -0.15) is 0 Å². The van der Waals surface area contributed by atoms with Crippen LogP contribution in [0.15, 0.2) is 23.8 Å². The molecule has 0 radical (unpaired) electrons. The molecule has 1 aliphatic rings. The molecule has 12 heavy (non-hydrogen) atoms. The van der Waals surface area contributed by atoms with Crippen LogP contribution >= 0.6 is 0 Å². The van der Waals surface area contributed by atoms with E-state index in [4.69, 9.17) is 0 Å². The molecule has 0 saturated heterocycles. The molecule has 2 nitrogen and oxygen atoms in total. The van der Waals surface area contributed by atoms with Gasteiger partial charge in [-0.3, -0.25) is 0 Å². The minimum Gasteiger partial charge on any atom is -0.466 e. The Morgan fingerprint density at radius 3 is 2.92 bits per heavy atom. The summed E-state index contributed by atoms with van der Waals surface area (Å²) in [4.78, 5) is 11.1. The van der Waals surface area contributed by atoms with Gasteiger partial charge in [0.2, 0.25) is 0 Å². The summed E-state index contributed by atoms with van der Waals surface area (Å²) in [5.74, 6) is 0.207. The van der Waals surface area contributed by atoms with Gasteiger partial charge in [0.15, 0.2) is 0 Å². The fourth-order valence-corrected chi connectivity index (χ4v) is 1.31. The lowest BCUT2D eigenvalue weighted by Crippen LogP contribution is -2.13. The highest BCUT2D eigenvalue weighted by Gasteiger charge is 2.19. The smallest absolute Gasteiger partial charge is 0.333 e. The number of carbonyl (C=O) groups is 1. The maximum atomic E-state index is 11.1. The van der Waals surface area contributed by atoms with Crippen molar-refractivity contribution in [2.24, 2.45) is 5.92 Å². The molecule has 2 heteroatoms. The first-order valence-electron chi connectivity index (χ1n) is 4.10. The number of allylic oxidation sites excluding steroid dienone is 2. The van der Waals surface area contributed by atoms with E-state index in [-0.39, 0.29) is 5.97 Å². The topological polar surface area (TPSA) is 26.3 Å². The molecule has 1 rings (SSSR count). The molecule has 0 amide bonds. The number of rotatable bonds is 1. The third-order valence-corrected chi connectivity index (χ3v) is 2.28. The van der Waals surface area contributed by atoms with E-state index in [1.807, 2.05) is 6.08 Å². The van der Waals surface area contributed by atoms with Gasteiger partial charge in [-0.05, 0) is 18.8 Å². The second kappa shape index (κ2) is 3.57. The number of esters is 1. The van der Waals surface area contributed by atoms with Crippen molar-refractivity contribution >= 4 is 5.97 Å². The van der Waals surface area contributed by atoms with Crippen LogP contribution in [-0.4, -0.2) is 13.1 Å². The Morgan fingerprint density at radius 1 is 1.75 bits per heavy atom. The summed E-state index contributed by atoms with van der Waals surface area (Å²) in [6.07, 6.45) is 3.49. The SMILES string of the molecule is C=C1CC=C(C(=O)OC)C[C@H]1C. The quantitative estimate of drug-likeness (QED) is 0.440. The van der Waals surface area contributed by atoms with Crippen molar-refractivity contribution < 1.29 is 9.53 Å². The number of methoxy groups -OCH3 is 1. The highest BCUT2D eigenvalue weighted by Crippen LogP contribution is 2.27. The molecule has 1 aliphatic carbocycles. The molecule has 1 atom stereocenters. The van der Waals surface area contributed by atoms with Crippen molar-refractivity contribution in [3.05, 3.63) is 23.8 Å². The van der Waals surface area contributed by atoms with Crippen LogP contribution in [0.5, 0.6) is 0 Å². The fourth-order valence-electron chi connectivity index (χ4n) is 1.31. The van der Waals surface area contributed by atoms with E-state index in [0.717, 1.165) is 18.4 Å². The van der Waals surface area contributed by atoms with E-state index in [1.54, 1.807) is 0 Å². The molecule has 0 spiro atoms. The molecule has 0 bridgehead atoms. The molecule has 0 aromatic heterocycles. The normalized spacial score (nSPS) is 23.3. The molecule has 0 aromatic rings. The Bertz CT molecular complexity index is 238. The highest BCUT2D eigenvalue weighted by atomic mass is 16.5. The Kier molecular flexibility index (Phi) is 2.69. The van der Waals surface area contributed by atoms with Crippen LogP contribution in [0.3, 0.4) is 0 Å². The predicted molar refractivity (Wildman–Crippen MR) is 47.6 cm³/mol. The maximum Gasteiger partial charge on any atom is 0.333 e. The first kappa shape index (κ1) is 9.04. The lowest BCUT2D eigenvalue weighted by atomic mass is 9.87. The number of hydrogen-bond donors (Lipinski definition) is 0. The summed E-state index contributed by atoms with van der Waals surface area (Å²) < 4.78 is 4.64. The van der Waals surface area contributed by atoms with Crippen LogP contribution in [0, 0.1) is 5.92 Å². The molecule has 0 aliphatic heterocycles. The molecule has 0 heterocycles. The van der Waals surface area contributed by atoms with Gasteiger partial charge < -0.3 is 4.74 Å². The molecule has 0 N–H and O–H groups in total. The molecule has 0 unspecified atom stereocenters. The van der Waals surface area contributed by atoms with Crippen molar-refractivity contribution in [2.75, 3.05) is 7.11 Å². The lowest BCUT2D eigenvalue weighted by molar-refractivity contribution is -0.136. The van der Waals surface area contributed by atoms with E-state index in [9.17, 15) is 4.79 Å². The molecule has 0 aromatic carbocycles. The Morgan fingerprint density at radius 2 is 2.42 bits per heavy atom. The molecule has 0 saturated carbocycles.